The van der Waals surface area contributed by atoms with Crippen molar-refractivity contribution >= 4 is 77.7 Å². The van der Waals surface area contributed by atoms with Crippen molar-refractivity contribution in [1.29, 1.82) is 0 Å². The van der Waals surface area contributed by atoms with Gasteiger partial charge in [-0.15, -0.1) is 11.3 Å². The van der Waals surface area contributed by atoms with Crippen molar-refractivity contribution in [2.24, 2.45) is 0 Å². The summed E-state index contributed by atoms with van der Waals surface area (Å²) in [5.41, 5.74) is 19.1. The van der Waals surface area contributed by atoms with E-state index >= 15 is 0 Å². The lowest BCUT2D eigenvalue weighted by molar-refractivity contribution is 0.632. The van der Waals surface area contributed by atoms with E-state index in [4.69, 9.17) is 0 Å². The maximum Gasteiger partial charge on any atom is 0.333 e. The second-order valence-corrected chi connectivity index (χ2v) is 16.7. The fourth-order valence-corrected chi connectivity index (χ4v) is 11.1. The van der Waals surface area contributed by atoms with E-state index in [2.05, 4.69) is 199 Å². The van der Waals surface area contributed by atoms with Crippen LogP contribution in [0, 0.1) is 0 Å². The number of para-hydroxylation sites is 2. The zero-order valence-electron chi connectivity index (χ0n) is 30.6. The third kappa shape index (κ3) is 4.26. The molecule has 0 amide bonds. The van der Waals surface area contributed by atoms with Crippen molar-refractivity contribution in [2.75, 3.05) is 9.71 Å². The van der Waals surface area contributed by atoms with Crippen LogP contribution in [-0.4, -0.2) is 6.85 Å². The van der Waals surface area contributed by atoms with Gasteiger partial charge in [-0.3, -0.25) is 0 Å². The summed E-state index contributed by atoms with van der Waals surface area (Å²) >= 11 is 1.94. The Kier molecular flexibility index (Phi) is 6.40. The molecule has 1 aromatic heterocycles. The summed E-state index contributed by atoms with van der Waals surface area (Å²) in [6.45, 7) is 4.76. The van der Waals surface area contributed by atoms with Crippen molar-refractivity contribution in [2.45, 2.75) is 19.3 Å². The molecule has 9 aromatic rings. The average molecular weight is 719 g/mol. The van der Waals surface area contributed by atoms with Gasteiger partial charge in [0.1, 0.15) is 0 Å². The molecule has 0 aliphatic carbocycles. The number of nitrogens with zero attached hydrogens (tertiary/aromatic N) is 2. The highest BCUT2D eigenvalue weighted by Crippen LogP contribution is 2.57. The van der Waals surface area contributed by atoms with Crippen molar-refractivity contribution in [3.8, 4) is 33.4 Å². The zero-order chi connectivity index (χ0) is 36.4. The van der Waals surface area contributed by atoms with Crippen LogP contribution in [0.25, 0.3) is 53.6 Å². The molecular weight excluding hydrogens is 683 g/mol. The third-order valence-electron chi connectivity index (χ3n) is 12.4. The molecule has 3 aliphatic heterocycles. The molecule has 12 rings (SSSR count). The number of rotatable bonds is 3. The summed E-state index contributed by atoms with van der Waals surface area (Å²) in [5.74, 6) is 0. The Bertz CT molecular complexity index is 3020. The van der Waals surface area contributed by atoms with E-state index in [0.717, 1.165) is 0 Å². The largest absolute Gasteiger partial charge is 0.376 e. The number of fused-ring (bicyclic) bond motifs is 10. The second kappa shape index (κ2) is 11.3. The van der Waals surface area contributed by atoms with Gasteiger partial charge in [0.2, 0.25) is 0 Å². The van der Waals surface area contributed by atoms with Gasteiger partial charge in [0, 0.05) is 43.5 Å². The smallest absolute Gasteiger partial charge is 0.333 e. The minimum Gasteiger partial charge on any atom is -0.376 e. The molecule has 0 radical (unpaired) electrons. The fraction of sp³-hybridized carbons (Fsp3) is 0.0588. The molecule has 0 N–H and O–H groups in total. The lowest BCUT2D eigenvalue weighted by Crippen LogP contribution is -2.62. The van der Waals surface area contributed by atoms with Crippen LogP contribution in [-0.2, 0) is 5.41 Å². The van der Waals surface area contributed by atoms with E-state index < -0.39 is 0 Å². The molecule has 0 fully saturated rings. The van der Waals surface area contributed by atoms with Gasteiger partial charge >= 0.3 is 6.85 Å². The van der Waals surface area contributed by atoms with Gasteiger partial charge in [0.15, 0.2) is 0 Å². The molecule has 4 heterocycles. The first-order chi connectivity index (χ1) is 27.1. The zero-order valence-corrected chi connectivity index (χ0v) is 31.4. The topological polar surface area (TPSA) is 6.48 Å². The Morgan fingerprint density at radius 3 is 1.95 bits per heavy atom. The van der Waals surface area contributed by atoms with Crippen LogP contribution in [0.4, 0.5) is 28.4 Å². The molecule has 0 bridgehead atoms. The molecule has 8 aromatic carbocycles. The van der Waals surface area contributed by atoms with Gasteiger partial charge in [-0.05, 0) is 86.3 Å². The summed E-state index contributed by atoms with van der Waals surface area (Å²) in [5, 5.41) is 2.65. The van der Waals surface area contributed by atoms with Crippen molar-refractivity contribution in [3.63, 3.8) is 0 Å². The summed E-state index contributed by atoms with van der Waals surface area (Å²) in [6, 6.07) is 65.6. The Morgan fingerprint density at radius 1 is 0.491 bits per heavy atom. The quantitative estimate of drug-likeness (QED) is 0.168. The van der Waals surface area contributed by atoms with Crippen LogP contribution in [0.15, 0.2) is 176 Å². The Balaban J connectivity index is 1.23. The molecular formula is C51H35BN2S. The van der Waals surface area contributed by atoms with Crippen LogP contribution >= 0.6 is 11.3 Å². The first kappa shape index (κ1) is 31.0. The third-order valence-corrected chi connectivity index (χ3v) is 13.6. The Morgan fingerprint density at radius 2 is 1.15 bits per heavy atom. The minimum atomic E-state index is -0.179. The predicted octanol–water partition coefficient (Wildman–Crippen LogP) is 12.7. The maximum atomic E-state index is 2.65. The molecule has 0 spiro atoms. The molecule has 0 saturated heterocycles. The molecule has 0 unspecified atom stereocenters. The number of anilines is 5. The first-order valence-corrected chi connectivity index (χ1v) is 20.0. The second-order valence-electron chi connectivity index (χ2n) is 15.7. The molecule has 258 valence electrons. The normalized spacial score (nSPS) is 14.4. The van der Waals surface area contributed by atoms with E-state index in [1.807, 2.05) is 11.3 Å². The molecule has 0 saturated carbocycles. The van der Waals surface area contributed by atoms with Crippen LogP contribution in [0.3, 0.4) is 0 Å². The highest BCUT2D eigenvalue weighted by Gasteiger charge is 2.50. The van der Waals surface area contributed by atoms with E-state index in [0.29, 0.717) is 0 Å². The van der Waals surface area contributed by atoms with Crippen molar-refractivity contribution < 1.29 is 0 Å². The molecule has 2 nitrogen and oxygen atoms in total. The van der Waals surface area contributed by atoms with E-state index in [-0.39, 0.29) is 12.3 Å². The monoisotopic (exact) mass is 718 g/mol. The van der Waals surface area contributed by atoms with E-state index in [9.17, 15) is 0 Å². The van der Waals surface area contributed by atoms with Gasteiger partial charge in [-0.25, -0.2) is 0 Å². The molecule has 0 atom stereocenters. The van der Waals surface area contributed by atoms with Gasteiger partial charge < -0.3 is 9.71 Å². The fourth-order valence-electron chi connectivity index (χ4n) is 9.87. The highest BCUT2D eigenvalue weighted by molar-refractivity contribution is 7.26. The molecule has 3 aliphatic rings. The lowest BCUT2D eigenvalue weighted by Gasteiger charge is -2.50. The Labute approximate surface area is 325 Å². The van der Waals surface area contributed by atoms with Gasteiger partial charge in [0.25, 0.3) is 0 Å². The summed E-state index contributed by atoms with van der Waals surface area (Å²) in [4.78, 5) is 5.31. The molecule has 4 heteroatoms. The predicted molar refractivity (Wildman–Crippen MR) is 236 cm³/mol. The van der Waals surface area contributed by atoms with Gasteiger partial charge in [-0.2, -0.15) is 0 Å². The van der Waals surface area contributed by atoms with Crippen LogP contribution in [0.1, 0.15) is 25.0 Å². The van der Waals surface area contributed by atoms with Gasteiger partial charge in [-0.1, -0.05) is 153 Å². The molecule has 55 heavy (non-hydrogen) atoms. The van der Waals surface area contributed by atoms with E-state index in [1.54, 1.807) is 0 Å². The minimum absolute atomic E-state index is 0.0482. The van der Waals surface area contributed by atoms with Crippen LogP contribution < -0.4 is 20.6 Å². The van der Waals surface area contributed by atoms with Crippen LogP contribution in [0.2, 0.25) is 0 Å². The summed E-state index contributed by atoms with van der Waals surface area (Å²) in [7, 11) is 0. The van der Waals surface area contributed by atoms with Gasteiger partial charge in [0.05, 0.1) is 16.1 Å². The van der Waals surface area contributed by atoms with E-state index in [1.165, 1.54) is 104 Å². The number of benzene rings is 8. The SMILES string of the molecule is CC1(C)c2ccccc2N2c3c(cccc31)B1c3c(cc4c(sc5ccccc54)c32)-c2ccc(-c3ccccc3)cc2N1c1ccc(-c2ccccc2)cc1. The summed E-state index contributed by atoms with van der Waals surface area (Å²) in [6.07, 6.45) is 0. The Hall–Kier alpha value is -6.36. The lowest BCUT2D eigenvalue weighted by atomic mass is 9.42. The average Bonchev–Trinajstić information content (AvgIpc) is 3.62. The maximum absolute atomic E-state index is 2.65. The summed E-state index contributed by atoms with van der Waals surface area (Å²) < 4.78 is 2.68. The van der Waals surface area contributed by atoms with Crippen LogP contribution in [0.5, 0.6) is 0 Å². The number of hydrogen-bond acceptors (Lipinski definition) is 3. The highest BCUT2D eigenvalue weighted by atomic mass is 32.1. The standard InChI is InChI=1S/C51H35BN2S/c1-51(2)41-19-10-11-22-44(41)53-48-42(51)20-13-21-43(48)52-47-39(31-40-38-18-9-12-23-46(38)55-50(40)49(47)53)37-29-26-35(33-16-7-4-8-17-33)30-45(37)54(52)36-27-24-34(25-28-36)32-14-5-3-6-15-32/h3-31H,1-2H3. The van der Waals surface area contributed by atoms with Crippen molar-refractivity contribution in [1.82, 2.24) is 0 Å². The first-order valence-electron chi connectivity index (χ1n) is 19.2. The number of hydrogen-bond donors (Lipinski definition) is 0. The van der Waals surface area contributed by atoms with Crippen molar-refractivity contribution in [3.05, 3.63) is 187 Å². The number of thiophene rings is 1.